The molecular formula is C9H16O4. The molecule has 0 heterocycles. The van der Waals surface area contributed by atoms with E-state index in [4.69, 9.17) is 9.47 Å². The second-order valence-corrected chi connectivity index (χ2v) is 2.50. The molecule has 0 rings (SSSR count). The van der Waals surface area contributed by atoms with Crippen molar-refractivity contribution in [3.63, 3.8) is 0 Å². The van der Waals surface area contributed by atoms with E-state index in [9.17, 15) is 4.79 Å². The van der Waals surface area contributed by atoms with Crippen molar-refractivity contribution in [3.8, 4) is 0 Å². The maximum absolute atomic E-state index is 11.1. The zero-order valence-electron chi connectivity index (χ0n) is 8.28. The number of esters is 1. The van der Waals surface area contributed by atoms with E-state index in [0.29, 0.717) is 6.42 Å². The van der Waals surface area contributed by atoms with E-state index >= 15 is 0 Å². The van der Waals surface area contributed by atoms with Crippen LogP contribution in [0.25, 0.3) is 0 Å². The lowest BCUT2D eigenvalue weighted by molar-refractivity contribution is -0.151. The Kier molecular flexibility index (Phi) is 6.18. The van der Waals surface area contributed by atoms with Gasteiger partial charge in [-0.3, -0.25) is 4.79 Å². The number of methoxy groups -OCH3 is 3. The minimum Gasteiger partial charge on any atom is -0.469 e. The summed E-state index contributed by atoms with van der Waals surface area (Å²) in [6, 6.07) is 0. The van der Waals surface area contributed by atoms with Crippen molar-refractivity contribution < 1.29 is 19.0 Å². The van der Waals surface area contributed by atoms with Crippen molar-refractivity contribution in [3.05, 3.63) is 12.7 Å². The van der Waals surface area contributed by atoms with Crippen LogP contribution in [0.3, 0.4) is 0 Å². The molecule has 0 radical (unpaired) electrons. The van der Waals surface area contributed by atoms with Gasteiger partial charge in [0.15, 0.2) is 6.29 Å². The molecule has 0 amide bonds. The lowest BCUT2D eigenvalue weighted by Gasteiger charge is -2.16. The monoisotopic (exact) mass is 188 g/mol. The second kappa shape index (κ2) is 6.62. The quantitative estimate of drug-likeness (QED) is 0.354. The minimum atomic E-state index is -0.401. The number of hydrogen-bond acceptors (Lipinski definition) is 4. The number of ether oxygens (including phenoxy) is 3. The van der Waals surface area contributed by atoms with Crippen molar-refractivity contribution >= 4 is 5.97 Å². The molecule has 1 unspecified atom stereocenters. The summed E-state index contributed by atoms with van der Waals surface area (Å²) in [5, 5.41) is 0. The summed E-state index contributed by atoms with van der Waals surface area (Å²) in [4.78, 5) is 11.1. The Morgan fingerprint density at radius 2 is 1.92 bits per heavy atom. The van der Waals surface area contributed by atoms with E-state index < -0.39 is 6.29 Å². The van der Waals surface area contributed by atoms with Gasteiger partial charge in [0, 0.05) is 20.6 Å². The van der Waals surface area contributed by atoms with E-state index in [1.54, 1.807) is 0 Å². The van der Waals surface area contributed by atoms with E-state index in [1.807, 2.05) is 0 Å². The van der Waals surface area contributed by atoms with Gasteiger partial charge in [0.25, 0.3) is 0 Å². The fraction of sp³-hybridized carbons (Fsp3) is 0.667. The predicted octanol–water partition coefficient (Wildman–Crippen LogP) is 0.971. The maximum atomic E-state index is 11.1. The highest BCUT2D eigenvalue weighted by Gasteiger charge is 2.20. The van der Waals surface area contributed by atoms with Gasteiger partial charge in [0.2, 0.25) is 0 Å². The fourth-order valence-corrected chi connectivity index (χ4v) is 0.936. The summed E-state index contributed by atoms with van der Waals surface area (Å²) >= 11 is 0. The van der Waals surface area contributed by atoms with Gasteiger partial charge in [-0.25, -0.2) is 0 Å². The Balaban J connectivity index is 4.10. The molecule has 0 aromatic heterocycles. The number of rotatable bonds is 6. The third kappa shape index (κ3) is 4.05. The molecular weight excluding hydrogens is 172 g/mol. The molecule has 0 saturated carbocycles. The average molecular weight is 188 g/mol. The third-order valence-corrected chi connectivity index (χ3v) is 1.76. The number of carbonyl (C=O) groups excluding carboxylic acids is 1. The van der Waals surface area contributed by atoms with Crippen LogP contribution in [0.4, 0.5) is 0 Å². The van der Waals surface area contributed by atoms with Gasteiger partial charge in [-0.1, -0.05) is 6.08 Å². The largest absolute Gasteiger partial charge is 0.469 e. The molecule has 4 heteroatoms. The van der Waals surface area contributed by atoms with E-state index in [-0.39, 0.29) is 11.9 Å². The maximum Gasteiger partial charge on any atom is 0.312 e. The summed E-state index contributed by atoms with van der Waals surface area (Å²) in [5.41, 5.74) is 0. The van der Waals surface area contributed by atoms with Crippen molar-refractivity contribution in [2.75, 3.05) is 21.3 Å². The van der Waals surface area contributed by atoms with Gasteiger partial charge in [0.1, 0.15) is 0 Å². The van der Waals surface area contributed by atoms with Crippen molar-refractivity contribution in [2.24, 2.45) is 5.92 Å². The Morgan fingerprint density at radius 3 is 2.23 bits per heavy atom. The zero-order chi connectivity index (χ0) is 10.3. The van der Waals surface area contributed by atoms with Gasteiger partial charge in [-0.05, 0) is 0 Å². The molecule has 0 aromatic carbocycles. The van der Waals surface area contributed by atoms with Gasteiger partial charge in [-0.2, -0.15) is 0 Å². The lowest BCUT2D eigenvalue weighted by atomic mass is 10.1. The van der Waals surface area contributed by atoms with E-state index in [0.717, 1.165) is 0 Å². The van der Waals surface area contributed by atoms with Crippen LogP contribution < -0.4 is 0 Å². The van der Waals surface area contributed by atoms with E-state index in [2.05, 4.69) is 11.3 Å². The van der Waals surface area contributed by atoms with Crippen LogP contribution >= 0.6 is 0 Å². The topological polar surface area (TPSA) is 44.8 Å². The molecule has 0 N–H and O–H groups in total. The average Bonchev–Trinajstić information content (AvgIpc) is 2.19. The summed E-state index contributed by atoms with van der Waals surface area (Å²) in [7, 11) is 4.38. The first-order valence-corrected chi connectivity index (χ1v) is 3.95. The predicted molar refractivity (Wildman–Crippen MR) is 48.1 cm³/mol. The van der Waals surface area contributed by atoms with Crippen molar-refractivity contribution in [1.29, 1.82) is 0 Å². The number of carbonyl (C=O) groups is 1. The van der Waals surface area contributed by atoms with Gasteiger partial charge >= 0.3 is 5.97 Å². The molecule has 13 heavy (non-hydrogen) atoms. The smallest absolute Gasteiger partial charge is 0.312 e. The van der Waals surface area contributed by atoms with Crippen LogP contribution in [0, 0.1) is 5.92 Å². The molecule has 1 atom stereocenters. The van der Waals surface area contributed by atoms with Gasteiger partial charge in [-0.15, -0.1) is 6.58 Å². The third-order valence-electron chi connectivity index (χ3n) is 1.76. The minimum absolute atomic E-state index is 0.325. The summed E-state index contributed by atoms with van der Waals surface area (Å²) in [5.74, 6) is -0.705. The molecule has 4 nitrogen and oxygen atoms in total. The zero-order valence-corrected chi connectivity index (χ0v) is 8.28. The van der Waals surface area contributed by atoms with Gasteiger partial charge in [0.05, 0.1) is 13.0 Å². The standard InChI is InChI=1S/C9H16O4/c1-5-7(9(10)13-4)6-8(11-2)12-3/h5,7-8H,1,6H2,2-4H3. The Labute approximate surface area is 78.5 Å². The SMILES string of the molecule is C=CC(CC(OC)OC)C(=O)OC. The highest BCUT2D eigenvalue weighted by Crippen LogP contribution is 2.12. The Bertz CT molecular complexity index is 163. The van der Waals surface area contributed by atoms with Crippen LogP contribution in [0.15, 0.2) is 12.7 Å². The summed E-state index contributed by atoms with van der Waals surface area (Å²) < 4.78 is 14.5. The molecule has 0 aliphatic heterocycles. The molecule has 0 fully saturated rings. The molecule has 0 aliphatic rings. The lowest BCUT2D eigenvalue weighted by Crippen LogP contribution is -2.23. The molecule has 0 aliphatic carbocycles. The first-order valence-electron chi connectivity index (χ1n) is 3.95. The first kappa shape index (κ1) is 12.1. The highest BCUT2D eigenvalue weighted by molar-refractivity contribution is 5.74. The van der Waals surface area contributed by atoms with Crippen molar-refractivity contribution in [2.45, 2.75) is 12.7 Å². The highest BCUT2D eigenvalue weighted by atomic mass is 16.7. The Hall–Kier alpha value is -0.870. The molecule has 0 aromatic rings. The van der Waals surface area contributed by atoms with Crippen LogP contribution in [-0.2, 0) is 19.0 Å². The summed E-state index contributed by atoms with van der Waals surface area (Å²) in [6.45, 7) is 3.54. The Morgan fingerprint density at radius 1 is 1.38 bits per heavy atom. The molecule has 76 valence electrons. The van der Waals surface area contributed by atoms with Crippen LogP contribution in [0.2, 0.25) is 0 Å². The molecule has 0 saturated heterocycles. The molecule has 0 spiro atoms. The van der Waals surface area contributed by atoms with Crippen LogP contribution in [0.1, 0.15) is 6.42 Å². The van der Waals surface area contributed by atoms with Crippen LogP contribution in [-0.4, -0.2) is 33.6 Å². The van der Waals surface area contributed by atoms with E-state index in [1.165, 1.54) is 27.4 Å². The summed E-state index contributed by atoms with van der Waals surface area (Å²) in [6.07, 6.45) is 1.54. The second-order valence-electron chi connectivity index (χ2n) is 2.50. The normalized spacial score (nSPS) is 12.6. The van der Waals surface area contributed by atoms with Gasteiger partial charge < -0.3 is 14.2 Å². The van der Waals surface area contributed by atoms with Crippen LogP contribution in [0.5, 0.6) is 0 Å². The fourth-order valence-electron chi connectivity index (χ4n) is 0.936. The van der Waals surface area contributed by atoms with Crippen molar-refractivity contribution in [1.82, 2.24) is 0 Å². The number of hydrogen-bond donors (Lipinski definition) is 0. The first-order chi connectivity index (χ1) is 6.19. The molecule has 0 bridgehead atoms.